The number of para-hydroxylation sites is 1. The molecule has 0 aliphatic carbocycles. The van der Waals surface area contributed by atoms with Gasteiger partial charge in [0.15, 0.2) is 5.84 Å². The van der Waals surface area contributed by atoms with E-state index in [1.165, 1.54) is 27.4 Å². The van der Waals surface area contributed by atoms with E-state index in [0.29, 0.717) is 5.84 Å². The summed E-state index contributed by atoms with van der Waals surface area (Å²) in [5, 5.41) is 8.23. The Bertz CT molecular complexity index is 3140. The number of hydrogen-bond acceptors (Lipinski definition) is 4. The Balaban J connectivity index is 0.983. The number of aromatic nitrogens is 1. The molecule has 264 valence electrons. The summed E-state index contributed by atoms with van der Waals surface area (Å²) in [6.45, 7) is 0. The molecular formula is C51H34N4O. The van der Waals surface area contributed by atoms with Gasteiger partial charge >= 0.3 is 0 Å². The van der Waals surface area contributed by atoms with Crippen LogP contribution in [0.3, 0.4) is 0 Å². The maximum atomic E-state index is 6.64. The lowest BCUT2D eigenvalue weighted by atomic mass is 9.98. The lowest BCUT2D eigenvalue weighted by molar-refractivity contribution is 0.668. The Morgan fingerprint density at radius 1 is 0.464 bits per heavy atom. The molecule has 0 fully saturated rings. The van der Waals surface area contributed by atoms with E-state index in [1.54, 1.807) is 0 Å². The number of amidine groups is 2. The van der Waals surface area contributed by atoms with Crippen LogP contribution in [0.4, 0.5) is 0 Å². The number of aliphatic imine (C=N–C) groups is 2. The SMILES string of the molecule is c1ccc(C2=NC(c3ccccc3)NC(c3ccc(-c4cccc5oc6cc(-n7c8ccccc8c8ccc(-c9ccccc9)cc87)ccc6c45)cc3)=N2)cc1. The number of fused-ring (bicyclic) bond motifs is 6. The van der Waals surface area contributed by atoms with E-state index in [0.717, 1.165) is 66.8 Å². The third-order valence-electron chi connectivity index (χ3n) is 10.9. The summed E-state index contributed by atoms with van der Waals surface area (Å²) in [7, 11) is 0. The molecule has 0 bridgehead atoms. The Morgan fingerprint density at radius 2 is 1.12 bits per heavy atom. The maximum absolute atomic E-state index is 6.64. The van der Waals surface area contributed by atoms with Crippen LogP contribution < -0.4 is 5.32 Å². The summed E-state index contributed by atoms with van der Waals surface area (Å²) >= 11 is 0. The van der Waals surface area contributed by atoms with Crippen molar-refractivity contribution >= 4 is 55.4 Å². The largest absolute Gasteiger partial charge is 0.456 e. The van der Waals surface area contributed by atoms with Crippen LogP contribution in [0.2, 0.25) is 0 Å². The maximum Gasteiger partial charge on any atom is 0.159 e. The van der Waals surface area contributed by atoms with Crippen molar-refractivity contribution in [3.8, 4) is 27.9 Å². The van der Waals surface area contributed by atoms with Crippen LogP contribution >= 0.6 is 0 Å². The molecule has 0 radical (unpaired) electrons. The van der Waals surface area contributed by atoms with Gasteiger partial charge in [0.05, 0.1) is 11.0 Å². The summed E-state index contributed by atoms with van der Waals surface area (Å²) in [5.41, 5.74) is 12.8. The Morgan fingerprint density at radius 3 is 1.93 bits per heavy atom. The van der Waals surface area contributed by atoms with Crippen molar-refractivity contribution in [3.63, 3.8) is 0 Å². The van der Waals surface area contributed by atoms with Crippen molar-refractivity contribution in [1.82, 2.24) is 9.88 Å². The van der Waals surface area contributed by atoms with Crippen LogP contribution in [0.1, 0.15) is 22.9 Å². The summed E-state index contributed by atoms with van der Waals surface area (Å²) < 4.78 is 9.00. The average molecular weight is 719 g/mol. The lowest BCUT2D eigenvalue weighted by Gasteiger charge is -2.23. The summed E-state index contributed by atoms with van der Waals surface area (Å²) in [4.78, 5) is 10.0. The number of benzene rings is 8. The number of rotatable bonds is 6. The van der Waals surface area contributed by atoms with Gasteiger partial charge in [-0.05, 0) is 58.1 Å². The molecule has 8 aromatic carbocycles. The van der Waals surface area contributed by atoms with Gasteiger partial charge in [0.2, 0.25) is 0 Å². The summed E-state index contributed by atoms with van der Waals surface area (Å²) in [5.74, 6) is 1.50. The van der Waals surface area contributed by atoms with Gasteiger partial charge in [-0.1, -0.05) is 158 Å². The fourth-order valence-corrected chi connectivity index (χ4v) is 8.18. The van der Waals surface area contributed by atoms with Crippen molar-refractivity contribution in [3.05, 3.63) is 211 Å². The van der Waals surface area contributed by atoms with Gasteiger partial charge in [0.25, 0.3) is 0 Å². The van der Waals surface area contributed by atoms with Crippen molar-refractivity contribution in [2.45, 2.75) is 6.17 Å². The quantitative estimate of drug-likeness (QED) is 0.186. The minimum atomic E-state index is -0.247. The predicted octanol–water partition coefficient (Wildman–Crippen LogP) is 12.5. The first-order chi connectivity index (χ1) is 27.7. The van der Waals surface area contributed by atoms with Crippen LogP contribution in [0.5, 0.6) is 0 Å². The van der Waals surface area contributed by atoms with E-state index in [9.17, 15) is 0 Å². The molecule has 2 aromatic heterocycles. The first-order valence-corrected chi connectivity index (χ1v) is 18.9. The standard InChI is InChI=1S/C51H34N4O/c1-4-13-33(14-5-1)38-27-29-42-41-19-10-11-21-44(41)55(45(42)31-38)39-28-30-43-47(32-39)56-46-22-12-20-40(48(43)46)34-23-25-37(26-24-34)51-53-49(35-15-6-2-7-16-35)52-50(54-51)36-17-8-3-9-18-36/h1-32,49H,(H,52,53,54). The van der Waals surface area contributed by atoms with E-state index in [2.05, 4.69) is 168 Å². The Hall–Kier alpha value is -7.50. The van der Waals surface area contributed by atoms with Crippen LogP contribution in [0, 0.1) is 0 Å². The van der Waals surface area contributed by atoms with Crippen LogP contribution in [0.15, 0.2) is 209 Å². The summed E-state index contributed by atoms with van der Waals surface area (Å²) in [6.07, 6.45) is -0.247. The van der Waals surface area contributed by atoms with Crippen molar-refractivity contribution in [2.75, 3.05) is 0 Å². The molecule has 1 N–H and O–H groups in total. The molecule has 0 saturated heterocycles. The van der Waals surface area contributed by atoms with Crippen LogP contribution in [-0.4, -0.2) is 16.2 Å². The van der Waals surface area contributed by atoms with E-state index < -0.39 is 0 Å². The Kier molecular flexibility index (Phi) is 7.49. The predicted molar refractivity (Wildman–Crippen MR) is 231 cm³/mol. The number of nitrogens with one attached hydrogen (secondary N) is 1. The molecule has 5 heteroatoms. The van der Waals surface area contributed by atoms with E-state index in [1.807, 2.05) is 36.4 Å². The van der Waals surface area contributed by atoms with Crippen LogP contribution in [0.25, 0.3) is 71.7 Å². The van der Waals surface area contributed by atoms with Crippen molar-refractivity contribution in [2.24, 2.45) is 9.98 Å². The molecule has 1 aliphatic heterocycles. The molecule has 1 unspecified atom stereocenters. The highest BCUT2D eigenvalue weighted by Gasteiger charge is 2.22. The number of furan rings is 1. The Labute approximate surface area is 323 Å². The van der Waals surface area contributed by atoms with Gasteiger partial charge in [-0.25, -0.2) is 9.98 Å². The molecule has 3 heterocycles. The molecule has 10 aromatic rings. The average Bonchev–Trinajstić information content (AvgIpc) is 3.82. The molecular weight excluding hydrogens is 685 g/mol. The zero-order valence-corrected chi connectivity index (χ0v) is 30.3. The first-order valence-electron chi connectivity index (χ1n) is 18.9. The highest BCUT2D eigenvalue weighted by atomic mass is 16.3. The zero-order valence-electron chi connectivity index (χ0n) is 30.3. The fraction of sp³-hybridized carbons (Fsp3) is 0.0196. The minimum Gasteiger partial charge on any atom is -0.456 e. The van der Waals surface area contributed by atoms with E-state index in [4.69, 9.17) is 14.4 Å². The first kappa shape index (κ1) is 32.0. The van der Waals surface area contributed by atoms with E-state index in [-0.39, 0.29) is 6.17 Å². The third kappa shape index (κ3) is 5.40. The molecule has 1 atom stereocenters. The molecule has 11 rings (SSSR count). The van der Waals surface area contributed by atoms with Gasteiger partial charge in [-0.3, -0.25) is 0 Å². The van der Waals surface area contributed by atoms with Gasteiger partial charge < -0.3 is 14.3 Å². The highest BCUT2D eigenvalue weighted by molar-refractivity contribution is 6.15. The van der Waals surface area contributed by atoms with Crippen molar-refractivity contribution < 1.29 is 4.42 Å². The van der Waals surface area contributed by atoms with Crippen LogP contribution in [-0.2, 0) is 0 Å². The topological polar surface area (TPSA) is 54.8 Å². The van der Waals surface area contributed by atoms with Gasteiger partial charge in [0, 0.05) is 44.4 Å². The molecule has 0 spiro atoms. The molecule has 0 amide bonds. The normalized spacial score (nSPS) is 14.2. The number of hydrogen-bond donors (Lipinski definition) is 1. The molecule has 5 nitrogen and oxygen atoms in total. The van der Waals surface area contributed by atoms with E-state index >= 15 is 0 Å². The third-order valence-corrected chi connectivity index (χ3v) is 10.9. The molecule has 1 aliphatic rings. The van der Waals surface area contributed by atoms with Crippen molar-refractivity contribution in [1.29, 1.82) is 0 Å². The minimum absolute atomic E-state index is 0.247. The van der Waals surface area contributed by atoms with Gasteiger partial charge in [-0.2, -0.15) is 0 Å². The second kappa shape index (κ2) is 13.1. The second-order valence-corrected chi connectivity index (χ2v) is 14.2. The fourth-order valence-electron chi connectivity index (χ4n) is 8.18. The molecule has 0 saturated carbocycles. The highest BCUT2D eigenvalue weighted by Crippen LogP contribution is 2.40. The second-order valence-electron chi connectivity index (χ2n) is 14.2. The molecule has 56 heavy (non-hydrogen) atoms. The smallest absolute Gasteiger partial charge is 0.159 e. The summed E-state index contributed by atoms with van der Waals surface area (Å²) in [6, 6.07) is 68.0. The monoisotopic (exact) mass is 718 g/mol. The van der Waals surface area contributed by atoms with Gasteiger partial charge in [0.1, 0.15) is 23.2 Å². The lowest BCUT2D eigenvalue weighted by Crippen LogP contribution is -2.33. The van der Waals surface area contributed by atoms with Gasteiger partial charge in [-0.15, -0.1) is 0 Å². The number of nitrogens with zero attached hydrogens (tertiary/aromatic N) is 3. The zero-order chi connectivity index (χ0) is 37.0.